The Labute approximate surface area is 174 Å². The lowest BCUT2D eigenvalue weighted by molar-refractivity contribution is 0.0784. The standard InChI is InChI=1S/C21H24N4OS.ClH/c1-13-16-9-19(20(26)24-11-15-7-8-18(22)17(15)12-24)27-21(16)25(23-13)10-14-5-3-2-4-6-14;/h2-6,9,15,17-18H,7-8,10-12,22H2,1H3;1H. The van der Waals surface area contributed by atoms with Crippen LogP contribution in [0.5, 0.6) is 0 Å². The largest absolute Gasteiger partial charge is 0.337 e. The van der Waals surface area contributed by atoms with Crippen molar-refractivity contribution in [2.45, 2.75) is 32.4 Å². The van der Waals surface area contributed by atoms with Crippen LogP contribution in [-0.2, 0) is 6.54 Å². The van der Waals surface area contributed by atoms with E-state index in [4.69, 9.17) is 5.73 Å². The minimum Gasteiger partial charge on any atom is -0.337 e. The molecule has 1 amide bonds. The topological polar surface area (TPSA) is 64.2 Å². The molecule has 2 aromatic heterocycles. The first-order valence-electron chi connectivity index (χ1n) is 9.66. The number of likely N-dealkylation sites (tertiary alicyclic amines) is 1. The highest BCUT2D eigenvalue weighted by Gasteiger charge is 2.42. The molecule has 0 spiro atoms. The molecule has 1 aliphatic carbocycles. The van der Waals surface area contributed by atoms with E-state index in [9.17, 15) is 4.79 Å². The van der Waals surface area contributed by atoms with E-state index in [0.717, 1.165) is 53.3 Å². The lowest BCUT2D eigenvalue weighted by Gasteiger charge is -2.17. The van der Waals surface area contributed by atoms with Gasteiger partial charge in [0, 0.05) is 24.5 Å². The molecule has 0 radical (unpaired) electrons. The van der Waals surface area contributed by atoms with E-state index in [1.54, 1.807) is 11.3 Å². The third-order valence-corrected chi connectivity index (χ3v) is 7.33. The molecule has 1 saturated heterocycles. The van der Waals surface area contributed by atoms with Crippen molar-refractivity contribution < 1.29 is 4.79 Å². The fourth-order valence-electron chi connectivity index (χ4n) is 4.71. The maximum absolute atomic E-state index is 13.1. The Bertz CT molecular complexity index is 999. The van der Waals surface area contributed by atoms with Gasteiger partial charge < -0.3 is 10.6 Å². The van der Waals surface area contributed by atoms with Gasteiger partial charge in [0.05, 0.1) is 17.1 Å². The first-order valence-corrected chi connectivity index (χ1v) is 10.5. The quantitative estimate of drug-likeness (QED) is 0.708. The summed E-state index contributed by atoms with van der Waals surface area (Å²) in [6, 6.07) is 12.6. The number of hydrogen-bond acceptors (Lipinski definition) is 4. The van der Waals surface area contributed by atoms with Crippen LogP contribution in [0.1, 0.15) is 33.8 Å². The van der Waals surface area contributed by atoms with Crippen LogP contribution in [0.3, 0.4) is 0 Å². The molecule has 0 bridgehead atoms. The molecule has 28 heavy (non-hydrogen) atoms. The molecule has 3 heterocycles. The van der Waals surface area contributed by atoms with E-state index >= 15 is 0 Å². The molecule has 1 saturated carbocycles. The van der Waals surface area contributed by atoms with E-state index < -0.39 is 0 Å². The van der Waals surface area contributed by atoms with Crippen LogP contribution in [0.4, 0.5) is 0 Å². The maximum Gasteiger partial charge on any atom is 0.264 e. The van der Waals surface area contributed by atoms with Crippen molar-refractivity contribution in [3.8, 4) is 0 Å². The summed E-state index contributed by atoms with van der Waals surface area (Å²) in [7, 11) is 0. The summed E-state index contributed by atoms with van der Waals surface area (Å²) < 4.78 is 2.02. The minimum absolute atomic E-state index is 0. The summed E-state index contributed by atoms with van der Waals surface area (Å²) in [6.07, 6.45) is 2.27. The number of rotatable bonds is 3. The first kappa shape index (κ1) is 19.4. The van der Waals surface area contributed by atoms with Crippen molar-refractivity contribution in [3.05, 3.63) is 52.5 Å². The zero-order valence-corrected chi connectivity index (χ0v) is 17.5. The van der Waals surface area contributed by atoms with Crippen LogP contribution in [0.15, 0.2) is 36.4 Å². The molecule has 1 aromatic carbocycles. The number of nitrogens with zero attached hydrogens (tertiary/aromatic N) is 3. The van der Waals surface area contributed by atoms with Gasteiger partial charge in [-0.15, -0.1) is 23.7 Å². The average Bonchev–Trinajstić information content (AvgIpc) is 3.41. The van der Waals surface area contributed by atoms with Crippen LogP contribution < -0.4 is 5.73 Å². The minimum atomic E-state index is 0. The number of carbonyl (C=O) groups is 1. The molecule has 2 N–H and O–H groups in total. The number of thiophene rings is 1. The number of fused-ring (bicyclic) bond motifs is 2. The number of hydrogen-bond donors (Lipinski definition) is 1. The van der Waals surface area contributed by atoms with E-state index in [1.807, 2.05) is 40.8 Å². The Hall–Kier alpha value is -1.89. The van der Waals surface area contributed by atoms with Gasteiger partial charge in [0.15, 0.2) is 0 Å². The number of aromatic nitrogens is 2. The average molecular weight is 417 g/mol. The maximum atomic E-state index is 13.1. The summed E-state index contributed by atoms with van der Waals surface area (Å²) in [5.41, 5.74) is 8.43. The smallest absolute Gasteiger partial charge is 0.264 e. The van der Waals surface area contributed by atoms with Gasteiger partial charge in [-0.1, -0.05) is 30.3 Å². The second-order valence-corrected chi connectivity index (χ2v) is 8.96. The summed E-state index contributed by atoms with van der Waals surface area (Å²) in [5, 5.41) is 5.78. The number of amides is 1. The Kier molecular flexibility index (Phi) is 5.21. The fourth-order valence-corrected chi connectivity index (χ4v) is 5.84. The summed E-state index contributed by atoms with van der Waals surface area (Å²) in [4.78, 5) is 17.0. The van der Waals surface area contributed by atoms with Gasteiger partial charge in [-0.25, -0.2) is 0 Å². The molecular formula is C21H25ClN4OS. The van der Waals surface area contributed by atoms with Gasteiger partial charge in [-0.3, -0.25) is 9.48 Å². The van der Waals surface area contributed by atoms with E-state index in [1.165, 1.54) is 5.56 Å². The van der Waals surface area contributed by atoms with Gasteiger partial charge in [0.1, 0.15) is 4.83 Å². The second kappa shape index (κ2) is 7.50. The Balaban J connectivity index is 0.00000192. The van der Waals surface area contributed by atoms with Crippen molar-refractivity contribution >= 4 is 39.9 Å². The molecular weight excluding hydrogens is 392 g/mol. The lowest BCUT2D eigenvalue weighted by atomic mass is 9.98. The second-order valence-electron chi connectivity index (χ2n) is 7.93. The van der Waals surface area contributed by atoms with Crippen LogP contribution >= 0.6 is 23.7 Å². The van der Waals surface area contributed by atoms with E-state index in [2.05, 4.69) is 17.2 Å². The number of halogens is 1. The molecule has 3 atom stereocenters. The highest BCUT2D eigenvalue weighted by atomic mass is 35.5. The monoisotopic (exact) mass is 416 g/mol. The predicted molar refractivity (Wildman–Crippen MR) is 115 cm³/mol. The molecule has 2 aliphatic rings. The summed E-state index contributed by atoms with van der Waals surface area (Å²) in [5.74, 6) is 1.23. The van der Waals surface area contributed by atoms with Gasteiger partial charge in [-0.05, 0) is 43.2 Å². The van der Waals surface area contributed by atoms with Crippen LogP contribution in [0.2, 0.25) is 0 Å². The zero-order valence-electron chi connectivity index (χ0n) is 15.9. The first-order chi connectivity index (χ1) is 13.1. The van der Waals surface area contributed by atoms with Gasteiger partial charge in [-0.2, -0.15) is 5.10 Å². The molecule has 1 aliphatic heterocycles. The molecule has 5 rings (SSSR count). The number of carbonyl (C=O) groups excluding carboxylic acids is 1. The summed E-state index contributed by atoms with van der Waals surface area (Å²) in [6.45, 7) is 4.42. The zero-order chi connectivity index (χ0) is 18.5. The highest BCUT2D eigenvalue weighted by molar-refractivity contribution is 7.20. The summed E-state index contributed by atoms with van der Waals surface area (Å²) >= 11 is 1.57. The molecule has 3 aromatic rings. The van der Waals surface area contributed by atoms with Crippen LogP contribution in [-0.4, -0.2) is 39.7 Å². The number of benzene rings is 1. The van der Waals surface area contributed by atoms with Crippen LogP contribution in [0.25, 0.3) is 10.2 Å². The van der Waals surface area contributed by atoms with Gasteiger partial charge in [0.2, 0.25) is 0 Å². The van der Waals surface area contributed by atoms with Crippen molar-refractivity contribution in [1.29, 1.82) is 0 Å². The van der Waals surface area contributed by atoms with Crippen molar-refractivity contribution in [2.24, 2.45) is 17.6 Å². The Morgan fingerprint density at radius 1 is 1.25 bits per heavy atom. The van der Waals surface area contributed by atoms with Crippen LogP contribution in [0, 0.1) is 18.8 Å². The van der Waals surface area contributed by atoms with E-state index in [-0.39, 0.29) is 24.4 Å². The molecule has 2 fully saturated rings. The van der Waals surface area contributed by atoms with Crippen molar-refractivity contribution in [1.82, 2.24) is 14.7 Å². The lowest BCUT2D eigenvalue weighted by Crippen LogP contribution is -2.33. The molecule has 148 valence electrons. The highest BCUT2D eigenvalue weighted by Crippen LogP contribution is 2.38. The Morgan fingerprint density at radius 2 is 2.04 bits per heavy atom. The normalized spacial score (nSPS) is 23.8. The van der Waals surface area contributed by atoms with E-state index in [0.29, 0.717) is 11.8 Å². The third kappa shape index (κ3) is 3.23. The molecule has 7 heteroatoms. The Morgan fingerprint density at radius 3 is 2.79 bits per heavy atom. The fraction of sp³-hybridized carbons (Fsp3) is 0.429. The van der Waals surface area contributed by atoms with Crippen molar-refractivity contribution in [2.75, 3.05) is 13.1 Å². The predicted octanol–water partition coefficient (Wildman–Crippen LogP) is 3.69. The number of nitrogens with two attached hydrogens (primary N) is 1. The number of aryl methyl sites for hydroxylation is 1. The third-order valence-electron chi connectivity index (χ3n) is 6.19. The SMILES string of the molecule is Cc1nn(Cc2ccccc2)c2sc(C(=O)N3CC4CCC(N)C4C3)cc12.Cl. The molecule has 3 unspecified atom stereocenters. The van der Waals surface area contributed by atoms with Crippen molar-refractivity contribution in [3.63, 3.8) is 0 Å². The van der Waals surface area contributed by atoms with Gasteiger partial charge in [0.25, 0.3) is 5.91 Å². The van der Waals surface area contributed by atoms with Gasteiger partial charge >= 0.3 is 0 Å². The molecule has 5 nitrogen and oxygen atoms in total.